The largest absolute Gasteiger partial charge is 0.467 e. The number of carbonyl (C=O) groups excluding carboxylic acids is 2. The highest BCUT2D eigenvalue weighted by Gasteiger charge is 2.23. The minimum Gasteiger partial charge on any atom is -0.467 e. The van der Waals surface area contributed by atoms with Crippen LogP contribution in [0.2, 0.25) is 0 Å². The summed E-state index contributed by atoms with van der Waals surface area (Å²) >= 11 is 0. The SMILES string of the molecule is CC(=O)N1CCN(CC(=O)Nc2c(C#N)c(C)c(C)n2Cc2ccco2)CC1. The maximum atomic E-state index is 12.7. The molecule has 1 fully saturated rings. The van der Waals surface area contributed by atoms with Crippen LogP contribution in [0, 0.1) is 25.2 Å². The van der Waals surface area contributed by atoms with Crippen LogP contribution in [0.3, 0.4) is 0 Å². The van der Waals surface area contributed by atoms with E-state index in [0.29, 0.717) is 44.1 Å². The molecule has 148 valence electrons. The molecule has 1 aliphatic heterocycles. The third-order valence-electron chi connectivity index (χ3n) is 5.28. The molecule has 0 radical (unpaired) electrons. The van der Waals surface area contributed by atoms with Crippen molar-refractivity contribution >= 4 is 17.6 Å². The van der Waals surface area contributed by atoms with Gasteiger partial charge in [0.2, 0.25) is 11.8 Å². The first-order chi connectivity index (χ1) is 13.4. The second kappa shape index (κ2) is 8.31. The molecule has 2 aromatic rings. The first-order valence-electron chi connectivity index (χ1n) is 9.30. The maximum Gasteiger partial charge on any atom is 0.239 e. The number of carbonyl (C=O) groups is 2. The Bertz CT molecular complexity index is 899. The van der Waals surface area contributed by atoms with E-state index in [1.807, 2.05) is 35.4 Å². The Labute approximate surface area is 164 Å². The van der Waals surface area contributed by atoms with Gasteiger partial charge < -0.3 is 19.2 Å². The zero-order valence-electron chi connectivity index (χ0n) is 16.5. The Morgan fingerprint density at radius 2 is 1.96 bits per heavy atom. The van der Waals surface area contributed by atoms with Crippen molar-refractivity contribution in [3.05, 3.63) is 41.0 Å². The lowest BCUT2D eigenvalue weighted by atomic mass is 10.2. The summed E-state index contributed by atoms with van der Waals surface area (Å²) < 4.78 is 7.33. The van der Waals surface area contributed by atoms with Crippen LogP contribution in [0.25, 0.3) is 0 Å². The summed E-state index contributed by atoms with van der Waals surface area (Å²) in [5.74, 6) is 1.13. The molecule has 2 amide bonds. The maximum absolute atomic E-state index is 12.7. The zero-order valence-corrected chi connectivity index (χ0v) is 16.5. The van der Waals surface area contributed by atoms with Crippen molar-refractivity contribution in [1.82, 2.24) is 14.4 Å². The van der Waals surface area contributed by atoms with Crippen molar-refractivity contribution in [3.63, 3.8) is 0 Å². The molecule has 8 heteroatoms. The van der Waals surface area contributed by atoms with Crippen molar-refractivity contribution in [2.75, 3.05) is 38.0 Å². The van der Waals surface area contributed by atoms with Crippen molar-refractivity contribution in [2.24, 2.45) is 0 Å². The molecule has 1 saturated heterocycles. The van der Waals surface area contributed by atoms with Gasteiger partial charge in [-0.25, -0.2) is 0 Å². The summed E-state index contributed by atoms with van der Waals surface area (Å²) in [6, 6.07) is 5.88. The number of aromatic nitrogens is 1. The van der Waals surface area contributed by atoms with Crippen molar-refractivity contribution in [1.29, 1.82) is 5.26 Å². The van der Waals surface area contributed by atoms with Crippen LogP contribution >= 0.6 is 0 Å². The standard InChI is InChI=1S/C20H25N5O3/c1-14-15(2)25(12-17-5-4-10-28-17)20(18(14)11-21)22-19(27)13-23-6-8-24(9-7-23)16(3)26/h4-5,10H,6-9,12-13H2,1-3H3,(H,22,27). The van der Waals surface area contributed by atoms with Crippen molar-refractivity contribution in [2.45, 2.75) is 27.3 Å². The van der Waals surface area contributed by atoms with Crippen LogP contribution in [-0.2, 0) is 16.1 Å². The van der Waals surface area contributed by atoms with E-state index in [9.17, 15) is 14.9 Å². The highest BCUT2D eigenvalue weighted by atomic mass is 16.3. The van der Waals surface area contributed by atoms with E-state index < -0.39 is 0 Å². The Hall–Kier alpha value is -3.05. The lowest BCUT2D eigenvalue weighted by Crippen LogP contribution is -2.50. The number of anilines is 1. The molecule has 0 saturated carbocycles. The predicted octanol–water partition coefficient (Wildman–Crippen LogP) is 1.72. The molecule has 1 aliphatic rings. The van der Waals surface area contributed by atoms with Gasteiger partial charge in [0, 0.05) is 38.8 Å². The number of furan rings is 1. The van der Waals surface area contributed by atoms with Crippen LogP contribution < -0.4 is 5.32 Å². The number of nitriles is 1. The van der Waals surface area contributed by atoms with Gasteiger partial charge in [0.1, 0.15) is 17.6 Å². The number of amides is 2. The molecule has 28 heavy (non-hydrogen) atoms. The molecule has 0 atom stereocenters. The molecule has 3 rings (SSSR count). The number of nitrogens with zero attached hydrogens (tertiary/aromatic N) is 4. The second-order valence-corrected chi connectivity index (χ2v) is 7.04. The van der Waals surface area contributed by atoms with E-state index in [1.165, 1.54) is 0 Å². The Balaban J connectivity index is 1.72. The molecule has 0 aliphatic carbocycles. The highest BCUT2D eigenvalue weighted by Crippen LogP contribution is 2.27. The molecule has 0 unspecified atom stereocenters. The summed E-state index contributed by atoms with van der Waals surface area (Å²) in [7, 11) is 0. The minimum absolute atomic E-state index is 0.0597. The summed E-state index contributed by atoms with van der Waals surface area (Å²) in [6.45, 7) is 8.59. The number of nitrogens with one attached hydrogen (secondary N) is 1. The van der Waals surface area contributed by atoms with E-state index in [0.717, 1.165) is 17.0 Å². The van der Waals surface area contributed by atoms with Gasteiger partial charge in [0.25, 0.3) is 0 Å². The number of hydrogen-bond donors (Lipinski definition) is 1. The van der Waals surface area contributed by atoms with E-state index >= 15 is 0 Å². The van der Waals surface area contributed by atoms with Gasteiger partial charge in [0.05, 0.1) is 24.9 Å². The smallest absolute Gasteiger partial charge is 0.239 e. The quantitative estimate of drug-likeness (QED) is 0.848. The Morgan fingerprint density at radius 3 is 2.54 bits per heavy atom. The average molecular weight is 383 g/mol. The summed E-state index contributed by atoms with van der Waals surface area (Å²) in [4.78, 5) is 27.9. The monoisotopic (exact) mass is 383 g/mol. The fourth-order valence-electron chi connectivity index (χ4n) is 3.48. The van der Waals surface area contributed by atoms with Crippen molar-refractivity contribution < 1.29 is 14.0 Å². The van der Waals surface area contributed by atoms with E-state index in [-0.39, 0.29) is 18.4 Å². The molecule has 0 bridgehead atoms. The summed E-state index contributed by atoms with van der Waals surface area (Å²) in [5.41, 5.74) is 2.23. The third-order valence-corrected chi connectivity index (χ3v) is 5.28. The molecule has 3 heterocycles. The molecule has 0 spiro atoms. The van der Waals surface area contributed by atoms with E-state index in [1.54, 1.807) is 18.1 Å². The van der Waals surface area contributed by atoms with Gasteiger partial charge in [-0.05, 0) is 31.5 Å². The van der Waals surface area contributed by atoms with Crippen LogP contribution in [-0.4, -0.2) is 58.9 Å². The fraction of sp³-hybridized carbons (Fsp3) is 0.450. The lowest BCUT2D eigenvalue weighted by Gasteiger charge is -2.33. The number of rotatable bonds is 5. The third kappa shape index (κ3) is 4.10. The molecule has 1 N–H and O–H groups in total. The fourth-order valence-corrected chi connectivity index (χ4v) is 3.48. The van der Waals surface area contributed by atoms with Gasteiger partial charge in [-0.1, -0.05) is 0 Å². The van der Waals surface area contributed by atoms with Gasteiger partial charge in [-0.3, -0.25) is 14.5 Å². The first kappa shape index (κ1) is 19.7. The molecular weight excluding hydrogens is 358 g/mol. The highest BCUT2D eigenvalue weighted by molar-refractivity contribution is 5.93. The van der Waals surface area contributed by atoms with Crippen LogP contribution in [0.15, 0.2) is 22.8 Å². The Morgan fingerprint density at radius 1 is 1.25 bits per heavy atom. The van der Waals surface area contributed by atoms with Crippen LogP contribution in [0.1, 0.15) is 29.5 Å². The number of hydrogen-bond acceptors (Lipinski definition) is 5. The second-order valence-electron chi connectivity index (χ2n) is 7.04. The molecular formula is C20H25N5O3. The van der Waals surface area contributed by atoms with Gasteiger partial charge in [0.15, 0.2) is 0 Å². The average Bonchev–Trinajstić information content (AvgIpc) is 3.25. The van der Waals surface area contributed by atoms with E-state index in [4.69, 9.17) is 4.42 Å². The lowest BCUT2D eigenvalue weighted by molar-refractivity contribution is -0.130. The van der Waals surface area contributed by atoms with Gasteiger partial charge in [-0.15, -0.1) is 0 Å². The van der Waals surface area contributed by atoms with Crippen LogP contribution in [0.5, 0.6) is 0 Å². The molecule has 8 nitrogen and oxygen atoms in total. The topological polar surface area (TPSA) is 94.5 Å². The molecule has 2 aromatic heterocycles. The normalized spacial score (nSPS) is 14.7. The first-order valence-corrected chi connectivity index (χ1v) is 9.30. The van der Waals surface area contributed by atoms with E-state index in [2.05, 4.69) is 11.4 Å². The Kier molecular flexibility index (Phi) is 5.85. The number of piperazine rings is 1. The van der Waals surface area contributed by atoms with Crippen LogP contribution in [0.4, 0.5) is 5.82 Å². The van der Waals surface area contributed by atoms with Gasteiger partial charge in [-0.2, -0.15) is 5.26 Å². The minimum atomic E-state index is -0.175. The van der Waals surface area contributed by atoms with Gasteiger partial charge >= 0.3 is 0 Å². The van der Waals surface area contributed by atoms with Crippen molar-refractivity contribution in [3.8, 4) is 6.07 Å². The summed E-state index contributed by atoms with van der Waals surface area (Å²) in [5, 5.41) is 12.5. The molecule has 0 aromatic carbocycles. The summed E-state index contributed by atoms with van der Waals surface area (Å²) in [6.07, 6.45) is 1.60. The predicted molar refractivity (Wildman–Crippen MR) is 104 cm³/mol. The zero-order chi connectivity index (χ0) is 20.3.